The van der Waals surface area contributed by atoms with Crippen molar-refractivity contribution in [3.63, 3.8) is 0 Å². The molecule has 3 nitrogen and oxygen atoms in total. The van der Waals surface area contributed by atoms with Gasteiger partial charge >= 0.3 is 0 Å². The monoisotopic (exact) mass is 297 g/mol. The first-order chi connectivity index (χ1) is 10.6. The van der Waals surface area contributed by atoms with Gasteiger partial charge < -0.3 is 9.73 Å². The molecule has 0 spiro atoms. The summed E-state index contributed by atoms with van der Waals surface area (Å²) in [4.78, 5) is 12.1. The lowest BCUT2D eigenvalue weighted by Gasteiger charge is -2.13. The van der Waals surface area contributed by atoms with Gasteiger partial charge in [-0.05, 0) is 37.0 Å². The Bertz CT molecular complexity index is 632. The van der Waals surface area contributed by atoms with Crippen molar-refractivity contribution in [1.82, 2.24) is 5.32 Å². The van der Waals surface area contributed by atoms with Gasteiger partial charge in [0.05, 0.1) is 6.04 Å². The first-order valence-electron chi connectivity index (χ1n) is 8.06. The number of carbonyl (C=O) groups is 1. The fourth-order valence-electron chi connectivity index (χ4n) is 2.82. The molecule has 1 aromatic carbocycles. The van der Waals surface area contributed by atoms with E-state index in [-0.39, 0.29) is 11.9 Å². The van der Waals surface area contributed by atoms with E-state index in [1.807, 2.05) is 43.3 Å². The van der Waals surface area contributed by atoms with E-state index in [4.69, 9.17) is 4.42 Å². The van der Waals surface area contributed by atoms with Crippen LogP contribution in [0.15, 0.2) is 46.9 Å². The molecule has 1 fully saturated rings. The molecule has 1 amide bonds. The smallest absolute Gasteiger partial charge is 0.220 e. The molecule has 116 valence electrons. The van der Waals surface area contributed by atoms with Crippen LogP contribution in [0.2, 0.25) is 0 Å². The minimum atomic E-state index is 0.0353. The number of rotatable bonds is 6. The van der Waals surface area contributed by atoms with E-state index >= 15 is 0 Å². The summed E-state index contributed by atoms with van der Waals surface area (Å²) in [5.41, 5.74) is 1.12. The standard InChI is InChI=1S/C19H23NO2/c1-13-12-17(13)18-10-8-16(22-18)9-11-19(21)20-14(2)15-6-4-3-5-7-15/h3-8,10,13-14,17H,9,11-12H2,1-2H3,(H,20,21)/t13-,14+,17-/m1/s1. The molecule has 1 saturated carbocycles. The van der Waals surface area contributed by atoms with Gasteiger partial charge in [-0.3, -0.25) is 4.79 Å². The third kappa shape index (κ3) is 3.59. The lowest BCUT2D eigenvalue weighted by atomic mass is 10.1. The number of furan rings is 1. The third-order valence-corrected chi connectivity index (χ3v) is 4.43. The molecular formula is C19H23NO2. The second-order valence-corrected chi connectivity index (χ2v) is 6.32. The van der Waals surface area contributed by atoms with Gasteiger partial charge in [-0.15, -0.1) is 0 Å². The summed E-state index contributed by atoms with van der Waals surface area (Å²) in [5, 5.41) is 3.03. The van der Waals surface area contributed by atoms with Gasteiger partial charge in [0.25, 0.3) is 0 Å². The highest BCUT2D eigenvalue weighted by atomic mass is 16.3. The van der Waals surface area contributed by atoms with Crippen molar-refractivity contribution in [2.45, 2.75) is 45.1 Å². The molecule has 1 aliphatic rings. The summed E-state index contributed by atoms with van der Waals surface area (Å²) in [5.74, 6) is 3.40. The van der Waals surface area contributed by atoms with Gasteiger partial charge in [-0.25, -0.2) is 0 Å². The van der Waals surface area contributed by atoms with E-state index in [9.17, 15) is 4.79 Å². The largest absolute Gasteiger partial charge is 0.466 e. The molecule has 3 atom stereocenters. The molecule has 0 saturated heterocycles. The summed E-state index contributed by atoms with van der Waals surface area (Å²) >= 11 is 0. The van der Waals surface area contributed by atoms with Gasteiger partial charge in [0.1, 0.15) is 11.5 Å². The molecule has 0 unspecified atom stereocenters. The predicted octanol–water partition coefficient (Wildman–Crippen LogP) is 4.21. The maximum absolute atomic E-state index is 12.1. The topological polar surface area (TPSA) is 42.2 Å². The Morgan fingerprint density at radius 2 is 2.00 bits per heavy atom. The lowest BCUT2D eigenvalue weighted by molar-refractivity contribution is -0.121. The van der Waals surface area contributed by atoms with Gasteiger partial charge in [0.15, 0.2) is 0 Å². The molecular weight excluding hydrogens is 274 g/mol. The van der Waals surface area contributed by atoms with Crippen molar-refractivity contribution < 1.29 is 9.21 Å². The number of nitrogens with one attached hydrogen (secondary N) is 1. The van der Waals surface area contributed by atoms with Crippen LogP contribution < -0.4 is 5.32 Å². The molecule has 1 aliphatic carbocycles. The predicted molar refractivity (Wildman–Crippen MR) is 86.6 cm³/mol. The van der Waals surface area contributed by atoms with Crippen LogP contribution in [0.3, 0.4) is 0 Å². The Labute approximate surface area is 131 Å². The normalized spacial score (nSPS) is 21.4. The zero-order valence-corrected chi connectivity index (χ0v) is 13.2. The maximum atomic E-state index is 12.1. The zero-order valence-electron chi connectivity index (χ0n) is 13.2. The Morgan fingerprint density at radius 3 is 2.68 bits per heavy atom. The number of aryl methyl sites for hydroxylation is 1. The molecule has 1 N–H and O–H groups in total. The quantitative estimate of drug-likeness (QED) is 0.867. The molecule has 0 bridgehead atoms. The van der Waals surface area contributed by atoms with E-state index < -0.39 is 0 Å². The molecule has 2 aromatic rings. The molecule has 3 rings (SSSR count). The Balaban J connectivity index is 1.47. The van der Waals surface area contributed by atoms with Crippen LogP contribution in [0, 0.1) is 5.92 Å². The summed E-state index contributed by atoms with van der Waals surface area (Å²) in [6.07, 6.45) is 2.35. The second kappa shape index (κ2) is 6.39. The van der Waals surface area contributed by atoms with Crippen LogP contribution in [0.5, 0.6) is 0 Å². The summed E-state index contributed by atoms with van der Waals surface area (Å²) in [6.45, 7) is 4.25. The zero-order chi connectivity index (χ0) is 15.5. The number of hydrogen-bond acceptors (Lipinski definition) is 2. The lowest BCUT2D eigenvalue weighted by Crippen LogP contribution is -2.26. The molecule has 0 radical (unpaired) electrons. The van der Waals surface area contributed by atoms with Crippen LogP contribution in [-0.2, 0) is 11.2 Å². The SMILES string of the molecule is C[C@H](NC(=O)CCc1ccc([C@@H]2C[C@H]2C)o1)c1ccccc1. The number of benzene rings is 1. The Hall–Kier alpha value is -2.03. The van der Waals surface area contributed by atoms with Gasteiger partial charge in [0.2, 0.25) is 5.91 Å². The van der Waals surface area contributed by atoms with Crippen molar-refractivity contribution in [1.29, 1.82) is 0 Å². The molecule has 1 aromatic heterocycles. The minimum absolute atomic E-state index is 0.0353. The second-order valence-electron chi connectivity index (χ2n) is 6.32. The van der Waals surface area contributed by atoms with Gasteiger partial charge in [0, 0.05) is 18.8 Å². The average Bonchev–Trinajstić information content (AvgIpc) is 3.08. The van der Waals surface area contributed by atoms with E-state index in [0.717, 1.165) is 23.0 Å². The van der Waals surface area contributed by atoms with Crippen LogP contribution in [-0.4, -0.2) is 5.91 Å². The molecule has 0 aliphatic heterocycles. The summed E-state index contributed by atoms with van der Waals surface area (Å²) in [6, 6.07) is 14.1. The van der Waals surface area contributed by atoms with Gasteiger partial charge in [-0.1, -0.05) is 37.3 Å². The fraction of sp³-hybridized carbons (Fsp3) is 0.421. The molecule has 22 heavy (non-hydrogen) atoms. The van der Waals surface area contributed by atoms with Crippen molar-refractivity contribution in [2.75, 3.05) is 0 Å². The van der Waals surface area contributed by atoms with E-state index in [1.165, 1.54) is 6.42 Å². The van der Waals surface area contributed by atoms with Crippen molar-refractivity contribution in [3.05, 3.63) is 59.5 Å². The van der Waals surface area contributed by atoms with Crippen LogP contribution in [0.4, 0.5) is 0 Å². The number of carbonyl (C=O) groups excluding carboxylic acids is 1. The van der Waals surface area contributed by atoms with Crippen molar-refractivity contribution in [3.8, 4) is 0 Å². The average molecular weight is 297 g/mol. The van der Waals surface area contributed by atoms with Crippen LogP contribution in [0.25, 0.3) is 0 Å². The van der Waals surface area contributed by atoms with Crippen LogP contribution in [0.1, 0.15) is 55.7 Å². The summed E-state index contributed by atoms with van der Waals surface area (Å²) in [7, 11) is 0. The maximum Gasteiger partial charge on any atom is 0.220 e. The van der Waals surface area contributed by atoms with Gasteiger partial charge in [-0.2, -0.15) is 0 Å². The first-order valence-corrected chi connectivity index (χ1v) is 8.06. The minimum Gasteiger partial charge on any atom is -0.466 e. The highest BCUT2D eigenvalue weighted by molar-refractivity contribution is 5.76. The molecule has 1 heterocycles. The first kappa shape index (κ1) is 14.9. The number of hydrogen-bond donors (Lipinski definition) is 1. The fourth-order valence-corrected chi connectivity index (χ4v) is 2.82. The van der Waals surface area contributed by atoms with Crippen LogP contribution >= 0.6 is 0 Å². The highest BCUT2D eigenvalue weighted by Crippen LogP contribution is 2.47. The van der Waals surface area contributed by atoms with E-state index in [2.05, 4.69) is 18.3 Å². The Kier molecular flexibility index (Phi) is 4.32. The molecule has 3 heteroatoms. The Morgan fingerprint density at radius 1 is 1.27 bits per heavy atom. The van der Waals surface area contributed by atoms with E-state index in [1.54, 1.807) is 0 Å². The third-order valence-electron chi connectivity index (χ3n) is 4.43. The highest BCUT2D eigenvalue weighted by Gasteiger charge is 2.36. The van der Waals surface area contributed by atoms with Crippen molar-refractivity contribution >= 4 is 5.91 Å². The number of amides is 1. The summed E-state index contributed by atoms with van der Waals surface area (Å²) < 4.78 is 5.84. The van der Waals surface area contributed by atoms with E-state index in [0.29, 0.717) is 18.8 Å². The van der Waals surface area contributed by atoms with Crippen molar-refractivity contribution in [2.24, 2.45) is 5.92 Å².